The fraction of sp³-hybridized carbons (Fsp3) is 0.0952. The summed E-state index contributed by atoms with van der Waals surface area (Å²) in [6.07, 6.45) is -4.71. The number of anilines is 3. The molecule has 0 aliphatic carbocycles. The van der Waals surface area contributed by atoms with E-state index in [1.165, 1.54) is 12.1 Å². The van der Waals surface area contributed by atoms with Crippen LogP contribution in [-0.4, -0.2) is 12.3 Å². The van der Waals surface area contributed by atoms with Crippen molar-refractivity contribution < 1.29 is 22.7 Å². The van der Waals surface area contributed by atoms with E-state index in [0.29, 0.717) is 23.5 Å². The lowest BCUT2D eigenvalue weighted by Gasteiger charge is -2.11. The zero-order chi connectivity index (χ0) is 20.9. The first-order valence-electron chi connectivity index (χ1n) is 8.65. The van der Waals surface area contributed by atoms with Gasteiger partial charge in [-0.1, -0.05) is 24.3 Å². The standard InChI is InChI=1S/C21H18F3N3O2/c22-21(23,24)29-17-11-5-14(6-12-17)13-26-16-9-7-15(8-10-16)20(28)27-19-4-2-1-3-18(19)25/h1-12,26H,13,25H2,(H,27,28). The third-order valence-corrected chi connectivity index (χ3v) is 4.01. The van der Waals surface area contributed by atoms with E-state index in [-0.39, 0.29) is 11.7 Å². The van der Waals surface area contributed by atoms with Crippen molar-refractivity contribution in [3.63, 3.8) is 0 Å². The van der Waals surface area contributed by atoms with Gasteiger partial charge in [-0.3, -0.25) is 4.79 Å². The van der Waals surface area contributed by atoms with Gasteiger partial charge in [0.2, 0.25) is 0 Å². The minimum Gasteiger partial charge on any atom is -0.406 e. The van der Waals surface area contributed by atoms with Crippen molar-refractivity contribution in [3.05, 3.63) is 83.9 Å². The maximum absolute atomic E-state index is 12.3. The highest BCUT2D eigenvalue weighted by Gasteiger charge is 2.30. The number of alkyl halides is 3. The average molecular weight is 401 g/mol. The molecular formula is C21H18F3N3O2. The molecule has 3 aromatic carbocycles. The molecule has 150 valence electrons. The second-order valence-electron chi connectivity index (χ2n) is 6.16. The number of halogens is 3. The van der Waals surface area contributed by atoms with E-state index in [2.05, 4.69) is 15.4 Å². The zero-order valence-corrected chi connectivity index (χ0v) is 15.2. The summed E-state index contributed by atoms with van der Waals surface area (Å²) in [5.74, 6) is -0.551. The van der Waals surface area contributed by atoms with Gasteiger partial charge in [-0.25, -0.2) is 0 Å². The van der Waals surface area contributed by atoms with E-state index < -0.39 is 6.36 Å². The lowest BCUT2D eigenvalue weighted by Crippen LogP contribution is -2.17. The molecule has 0 fully saturated rings. The van der Waals surface area contributed by atoms with Crippen molar-refractivity contribution in [1.82, 2.24) is 0 Å². The van der Waals surface area contributed by atoms with Crippen molar-refractivity contribution >= 4 is 23.0 Å². The molecule has 3 rings (SSSR count). The number of nitrogens with one attached hydrogen (secondary N) is 2. The van der Waals surface area contributed by atoms with E-state index in [1.807, 2.05) is 0 Å². The van der Waals surface area contributed by atoms with E-state index >= 15 is 0 Å². The van der Waals surface area contributed by atoms with Crippen LogP contribution in [0, 0.1) is 0 Å². The van der Waals surface area contributed by atoms with Crippen LogP contribution in [0.5, 0.6) is 5.75 Å². The molecule has 0 saturated heterocycles. The quantitative estimate of drug-likeness (QED) is 0.506. The van der Waals surface area contributed by atoms with E-state index in [0.717, 1.165) is 11.3 Å². The number of benzene rings is 3. The number of nitrogens with two attached hydrogens (primary N) is 1. The highest BCUT2D eigenvalue weighted by atomic mass is 19.4. The largest absolute Gasteiger partial charge is 0.573 e. The normalized spacial score (nSPS) is 11.0. The van der Waals surface area contributed by atoms with Crippen LogP contribution in [0.15, 0.2) is 72.8 Å². The molecule has 0 atom stereocenters. The smallest absolute Gasteiger partial charge is 0.406 e. The van der Waals surface area contributed by atoms with Gasteiger partial charge in [0.25, 0.3) is 5.91 Å². The maximum atomic E-state index is 12.3. The van der Waals surface area contributed by atoms with Crippen molar-refractivity contribution in [3.8, 4) is 5.75 Å². The molecule has 0 spiro atoms. The predicted molar refractivity (Wildman–Crippen MR) is 106 cm³/mol. The number of nitrogen functional groups attached to an aromatic ring is 1. The van der Waals surface area contributed by atoms with E-state index in [9.17, 15) is 18.0 Å². The molecule has 0 radical (unpaired) electrons. The number of hydrogen-bond donors (Lipinski definition) is 3. The van der Waals surface area contributed by atoms with Crippen LogP contribution in [-0.2, 0) is 6.54 Å². The molecule has 29 heavy (non-hydrogen) atoms. The molecule has 0 aliphatic heterocycles. The maximum Gasteiger partial charge on any atom is 0.573 e. The summed E-state index contributed by atoms with van der Waals surface area (Å²) in [4.78, 5) is 12.3. The number of carbonyl (C=O) groups excluding carboxylic acids is 1. The van der Waals surface area contributed by atoms with Crippen LogP contribution in [0.25, 0.3) is 0 Å². The highest BCUT2D eigenvalue weighted by molar-refractivity contribution is 6.05. The van der Waals surface area contributed by atoms with Gasteiger partial charge in [-0.2, -0.15) is 0 Å². The number of hydrogen-bond acceptors (Lipinski definition) is 4. The van der Waals surface area contributed by atoms with Crippen molar-refractivity contribution in [2.24, 2.45) is 0 Å². The molecular weight excluding hydrogens is 383 g/mol. The summed E-state index contributed by atoms with van der Waals surface area (Å²) in [5.41, 5.74) is 8.84. The Morgan fingerprint density at radius 1 is 0.931 bits per heavy atom. The number of amides is 1. The molecule has 5 nitrogen and oxygen atoms in total. The Morgan fingerprint density at radius 2 is 1.59 bits per heavy atom. The summed E-state index contributed by atoms with van der Waals surface area (Å²) in [6.45, 7) is 0.401. The number of carbonyl (C=O) groups is 1. The first-order chi connectivity index (χ1) is 13.8. The van der Waals surface area contributed by atoms with Crippen LogP contribution in [0.4, 0.5) is 30.2 Å². The Hall–Kier alpha value is -3.68. The Kier molecular flexibility index (Phi) is 5.92. The average Bonchev–Trinajstić information content (AvgIpc) is 2.68. The van der Waals surface area contributed by atoms with Crippen molar-refractivity contribution in [2.45, 2.75) is 12.9 Å². The number of para-hydroxylation sites is 2. The van der Waals surface area contributed by atoms with E-state index in [4.69, 9.17) is 5.73 Å². The molecule has 0 bridgehead atoms. The topological polar surface area (TPSA) is 76.4 Å². The Balaban J connectivity index is 1.55. The monoisotopic (exact) mass is 401 g/mol. The van der Waals surface area contributed by atoms with Crippen LogP contribution < -0.4 is 21.1 Å². The van der Waals surface area contributed by atoms with Crippen LogP contribution in [0.3, 0.4) is 0 Å². The van der Waals surface area contributed by atoms with Gasteiger partial charge in [0.1, 0.15) is 5.75 Å². The molecule has 3 aromatic rings. The molecule has 0 aliphatic rings. The first kappa shape index (κ1) is 20.1. The lowest BCUT2D eigenvalue weighted by atomic mass is 10.1. The van der Waals surface area contributed by atoms with Gasteiger partial charge in [0.05, 0.1) is 11.4 Å². The molecule has 1 amide bonds. The minimum absolute atomic E-state index is 0.268. The second kappa shape index (κ2) is 8.55. The fourth-order valence-electron chi connectivity index (χ4n) is 2.56. The summed E-state index contributed by atoms with van der Waals surface area (Å²) in [7, 11) is 0. The molecule has 0 aromatic heterocycles. The van der Waals surface area contributed by atoms with Gasteiger partial charge in [0.15, 0.2) is 0 Å². The van der Waals surface area contributed by atoms with Gasteiger partial charge in [0, 0.05) is 17.8 Å². The summed E-state index contributed by atoms with van der Waals surface area (Å²) >= 11 is 0. The van der Waals surface area contributed by atoms with Gasteiger partial charge < -0.3 is 21.1 Å². The van der Waals surface area contributed by atoms with Crippen LogP contribution >= 0.6 is 0 Å². The summed E-state index contributed by atoms with van der Waals surface area (Å²) in [6, 6.07) is 19.4. The van der Waals surface area contributed by atoms with Gasteiger partial charge >= 0.3 is 6.36 Å². The Morgan fingerprint density at radius 3 is 2.21 bits per heavy atom. The van der Waals surface area contributed by atoms with Crippen LogP contribution in [0.2, 0.25) is 0 Å². The van der Waals surface area contributed by atoms with Gasteiger partial charge in [-0.15, -0.1) is 13.2 Å². The number of ether oxygens (including phenoxy) is 1. The van der Waals surface area contributed by atoms with E-state index in [1.54, 1.807) is 60.7 Å². The first-order valence-corrected chi connectivity index (χ1v) is 8.65. The molecule has 8 heteroatoms. The predicted octanol–water partition coefficient (Wildman–Crippen LogP) is 5.03. The number of rotatable bonds is 6. The summed E-state index contributed by atoms with van der Waals surface area (Å²) in [5, 5.41) is 5.89. The van der Waals surface area contributed by atoms with Crippen molar-refractivity contribution in [2.75, 3.05) is 16.4 Å². The molecule has 0 unspecified atom stereocenters. The van der Waals surface area contributed by atoms with Gasteiger partial charge in [-0.05, 0) is 54.1 Å². The summed E-state index contributed by atoms with van der Waals surface area (Å²) < 4.78 is 40.4. The Labute approximate surface area is 165 Å². The third-order valence-electron chi connectivity index (χ3n) is 4.01. The zero-order valence-electron chi connectivity index (χ0n) is 15.2. The lowest BCUT2D eigenvalue weighted by molar-refractivity contribution is -0.274. The molecule has 4 N–H and O–H groups in total. The fourth-order valence-corrected chi connectivity index (χ4v) is 2.56. The minimum atomic E-state index is -4.71. The Bertz CT molecular complexity index is 972. The SMILES string of the molecule is Nc1ccccc1NC(=O)c1ccc(NCc2ccc(OC(F)(F)F)cc2)cc1. The van der Waals surface area contributed by atoms with Crippen LogP contribution in [0.1, 0.15) is 15.9 Å². The second-order valence-corrected chi connectivity index (χ2v) is 6.16. The highest BCUT2D eigenvalue weighted by Crippen LogP contribution is 2.23. The molecule has 0 heterocycles. The molecule has 0 saturated carbocycles. The third kappa shape index (κ3) is 5.90. The van der Waals surface area contributed by atoms with Crippen molar-refractivity contribution in [1.29, 1.82) is 0 Å².